The molecule has 0 spiro atoms. The molecule has 0 radical (unpaired) electrons. The zero-order chi connectivity index (χ0) is 22.1. The van der Waals surface area contributed by atoms with Crippen LogP contribution >= 0.6 is 0 Å². The average Bonchev–Trinajstić information content (AvgIpc) is 2.79. The predicted octanol–water partition coefficient (Wildman–Crippen LogP) is 3.66. The molecule has 0 fully saturated rings. The molecule has 0 bridgehead atoms. The molecular weight excluding hydrogens is 412 g/mol. The molecule has 0 heterocycles. The van der Waals surface area contributed by atoms with Crippen molar-refractivity contribution in [1.29, 1.82) is 0 Å². The van der Waals surface area contributed by atoms with E-state index in [1.54, 1.807) is 12.1 Å². The topological polar surface area (TPSA) is 84.5 Å². The van der Waals surface area contributed by atoms with E-state index in [-0.39, 0.29) is 29.8 Å². The van der Waals surface area contributed by atoms with Crippen molar-refractivity contribution in [1.82, 2.24) is 10.0 Å². The molecule has 0 aliphatic heterocycles. The van der Waals surface area contributed by atoms with Crippen LogP contribution in [0.2, 0.25) is 0 Å². The van der Waals surface area contributed by atoms with E-state index in [0.29, 0.717) is 12.4 Å². The van der Waals surface area contributed by atoms with Crippen molar-refractivity contribution in [3.8, 4) is 5.75 Å². The van der Waals surface area contributed by atoms with Crippen molar-refractivity contribution in [3.63, 3.8) is 0 Å². The zero-order valence-corrected chi connectivity index (χ0v) is 18.1. The van der Waals surface area contributed by atoms with Gasteiger partial charge in [0.1, 0.15) is 5.75 Å². The number of hydrogen-bond acceptors (Lipinski definition) is 4. The highest BCUT2D eigenvalue weighted by Gasteiger charge is 2.18. The van der Waals surface area contributed by atoms with Crippen LogP contribution in [0, 0.1) is 0 Å². The number of hydrogen-bond donors (Lipinski definition) is 2. The van der Waals surface area contributed by atoms with Crippen LogP contribution < -0.4 is 14.8 Å². The molecule has 0 aliphatic carbocycles. The number of carbonyl (C=O) groups is 1. The van der Waals surface area contributed by atoms with Crippen LogP contribution in [0.4, 0.5) is 0 Å². The summed E-state index contributed by atoms with van der Waals surface area (Å²) >= 11 is 0. The third kappa shape index (κ3) is 6.41. The maximum absolute atomic E-state index is 12.6. The van der Waals surface area contributed by atoms with Gasteiger partial charge in [-0.1, -0.05) is 60.7 Å². The summed E-state index contributed by atoms with van der Waals surface area (Å²) in [7, 11) is -3.71. The molecule has 0 saturated carbocycles. The fourth-order valence-corrected chi connectivity index (χ4v) is 4.18. The first-order chi connectivity index (χ1) is 15.0. The van der Waals surface area contributed by atoms with Gasteiger partial charge in [-0.25, -0.2) is 13.1 Å². The maximum atomic E-state index is 12.6. The molecule has 162 valence electrons. The van der Waals surface area contributed by atoms with Gasteiger partial charge in [0.05, 0.1) is 17.5 Å². The predicted molar refractivity (Wildman–Crippen MR) is 120 cm³/mol. The van der Waals surface area contributed by atoms with Crippen molar-refractivity contribution in [3.05, 3.63) is 96.1 Å². The summed E-state index contributed by atoms with van der Waals surface area (Å²) in [6.07, 6.45) is 0.0203. The van der Waals surface area contributed by atoms with E-state index >= 15 is 0 Å². The molecule has 31 heavy (non-hydrogen) atoms. The van der Waals surface area contributed by atoms with Crippen LogP contribution in [0.5, 0.6) is 5.75 Å². The third-order valence-corrected chi connectivity index (χ3v) is 6.14. The fraction of sp³-hybridized carbons (Fsp3) is 0.208. The monoisotopic (exact) mass is 438 g/mol. The maximum Gasteiger partial charge on any atom is 0.240 e. The molecule has 3 aromatic carbocycles. The van der Waals surface area contributed by atoms with Crippen LogP contribution in [0.1, 0.15) is 30.5 Å². The van der Waals surface area contributed by atoms with Crippen LogP contribution in [-0.2, 0) is 14.8 Å². The molecule has 2 N–H and O–H groups in total. The Morgan fingerprint density at radius 1 is 0.871 bits per heavy atom. The number of nitrogens with one attached hydrogen (secondary N) is 2. The first kappa shape index (κ1) is 22.5. The number of amides is 1. The Morgan fingerprint density at radius 3 is 1.94 bits per heavy atom. The summed E-state index contributed by atoms with van der Waals surface area (Å²) in [5.41, 5.74) is 1.91. The molecule has 0 unspecified atom stereocenters. The van der Waals surface area contributed by atoms with Crippen molar-refractivity contribution in [2.45, 2.75) is 24.3 Å². The molecule has 0 aromatic heterocycles. The lowest BCUT2D eigenvalue weighted by atomic mass is 9.98. The van der Waals surface area contributed by atoms with Gasteiger partial charge < -0.3 is 10.1 Å². The number of benzene rings is 3. The van der Waals surface area contributed by atoms with E-state index in [2.05, 4.69) is 10.0 Å². The minimum atomic E-state index is -3.71. The standard InChI is InChI=1S/C24H26N2O4S/c1-2-30-21-13-15-22(16-14-21)31(28,29)25-18-17-23(27)26-24(19-9-5-3-6-10-19)20-11-7-4-8-12-20/h3-16,24-25H,2,17-18H2,1H3,(H,26,27). The molecule has 1 amide bonds. The van der Waals surface area contributed by atoms with Gasteiger partial charge in [-0.3, -0.25) is 4.79 Å². The molecule has 6 nitrogen and oxygen atoms in total. The molecule has 3 rings (SSSR count). The van der Waals surface area contributed by atoms with Crippen molar-refractivity contribution >= 4 is 15.9 Å². The highest BCUT2D eigenvalue weighted by Crippen LogP contribution is 2.22. The van der Waals surface area contributed by atoms with Crippen LogP contribution in [-0.4, -0.2) is 27.5 Å². The van der Waals surface area contributed by atoms with Gasteiger partial charge >= 0.3 is 0 Å². The lowest BCUT2D eigenvalue weighted by Gasteiger charge is -2.20. The van der Waals surface area contributed by atoms with Crippen LogP contribution in [0.25, 0.3) is 0 Å². The summed E-state index contributed by atoms with van der Waals surface area (Å²) < 4.78 is 32.7. The normalized spacial score (nSPS) is 11.3. The van der Waals surface area contributed by atoms with Crippen molar-refractivity contribution < 1.29 is 17.9 Å². The highest BCUT2D eigenvalue weighted by atomic mass is 32.2. The second-order valence-corrected chi connectivity index (χ2v) is 8.64. The highest BCUT2D eigenvalue weighted by molar-refractivity contribution is 7.89. The summed E-state index contributed by atoms with van der Waals surface area (Å²) in [5.74, 6) is 0.362. The van der Waals surface area contributed by atoms with E-state index in [1.807, 2.05) is 67.6 Å². The Morgan fingerprint density at radius 2 is 1.42 bits per heavy atom. The van der Waals surface area contributed by atoms with Crippen molar-refractivity contribution in [2.24, 2.45) is 0 Å². The first-order valence-electron chi connectivity index (χ1n) is 10.1. The molecule has 0 atom stereocenters. The number of rotatable bonds is 10. The van der Waals surface area contributed by atoms with E-state index in [0.717, 1.165) is 11.1 Å². The summed E-state index contributed by atoms with van der Waals surface area (Å²) in [6.45, 7) is 2.36. The van der Waals surface area contributed by atoms with Gasteiger partial charge in [0.15, 0.2) is 0 Å². The van der Waals surface area contributed by atoms with Gasteiger partial charge in [-0.15, -0.1) is 0 Å². The summed E-state index contributed by atoms with van der Waals surface area (Å²) in [4.78, 5) is 12.7. The van der Waals surface area contributed by atoms with Gasteiger partial charge in [-0.2, -0.15) is 0 Å². The second kappa shape index (κ2) is 10.7. The molecule has 0 aliphatic rings. The number of sulfonamides is 1. The average molecular weight is 439 g/mol. The number of ether oxygens (including phenoxy) is 1. The van der Waals surface area contributed by atoms with E-state index < -0.39 is 10.0 Å². The Kier molecular flexibility index (Phi) is 7.81. The minimum Gasteiger partial charge on any atom is -0.494 e. The first-order valence-corrected chi connectivity index (χ1v) is 11.6. The third-order valence-electron chi connectivity index (χ3n) is 4.66. The molecule has 0 saturated heterocycles. The summed E-state index contributed by atoms with van der Waals surface area (Å²) in [6, 6.07) is 25.2. The van der Waals surface area contributed by atoms with Crippen LogP contribution in [0.3, 0.4) is 0 Å². The largest absolute Gasteiger partial charge is 0.494 e. The van der Waals surface area contributed by atoms with Crippen molar-refractivity contribution in [2.75, 3.05) is 13.2 Å². The zero-order valence-electron chi connectivity index (χ0n) is 17.3. The van der Waals surface area contributed by atoms with Gasteiger partial charge in [0.2, 0.25) is 15.9 Å². The van der Waals surface area contributed by atoms with Gasteiger partial charge in [0, 0.05) is 13.0 Å². The Bertz CT molecular complexity index is 1030. The Hall–Kier alpha value is -3.16. The van der Waals surface area contributed by atoms with Gasteiger partial charge in [0.25, 0.3) is 0 Å². The van der Waals surface area contributed by atoms with E-state index in [4.69, 9.17) is 4.74 Å². The molecular formula is C24H26N2O4S. The fourth-order valence-electron chi connectivity index (χ4n) is 3.15. The van der Waals surface area contributed by atoms with E-state index in [9.17, 15) is 13.2 Å². The van der Waals surface area contributed by atoms with Gasteiger partial charge in [-0.05, 0) is 42.3 Å². The molecule has 7 heteroatoms. The van der Waals surface area contributed by atoms with E-state index in [1.165, 1.54) is 12.1 Å². The van der Waals surface area contributed by atoms with Crippen LogP contribution in [0.15, 0.2) is 89.8 Å². The Balaban J connectivity index is 1.60. The quantitative estimate of drug-likeness (QED) is 0.506. The lowest BCUT2D eigenvalue weighted by Crippen LogP contribution is -2.33. The minimum absolute atomic E-state index is 0.00230. The Labute approximate surface area is 183 Å². The number of carbonyl (C=O) groups excluding carboxylic acids is 1. The second-order valence-electron chi connectivity index (χ2n) is 6.87. The summed E-state index contributed by atoms with van der Waals surface area (Å²) in [5, 5.41) is 3.01. The smallest absolute Gasteiger partial charge is 0.240 e. The molecule has 3 aromatic rings. The SMILES string of the molecule is CCOc1ccc(S(=O)(=O)NCCC(=O)NC(c2ccccc2)c2ccccc2)cc1. The lowest BCUT2D eigenvalue weighted by molar-refractivity contribution is -0.121.